The van der Waals surface area contributed by atoms with Gasteiger partial charge in [0.25, 0.3) is 0 Å². The summed E-state index contributed by atoms with van der Waals surface area (Å²) in [5, 5.41) is 11.9. The predicted molar refractivity (Wildman–Crippen MR) is 172 cm³/mol. The first kappa shape index (κ1) is 33.3. The monoisotopic (exact) mass is 586 g/mol. The second-order valence-electron chi connectivity index (χ2n) is 16.5. The van der Waals surface area contributed by atoms with Crippen LogP contribution in [0.15, 0.2) is 11.6 Å². The van der Waals surface area contributed by atoms with E-state index in [2.05, 4.69) is 65.6 Å². The van der Waals surface area contributed by atoms with E-state index < -0.39 is 13.9 Å². The molecule has 0 aromatic heterocycles. The Morgan fingerprint density at radius 2 is 1.83 bits per heavy atom. The highest BCUT2D eigenvalue weighted by Gasteiger charge is 2.64. The number of hydrogen-bond donors (Lipinski definition) is 1. The van der Waals surface area contributed by atoms with Gasteiger partial charge in [0.1, 0.15) is 5.60 Å². The van der Waals surface area contributed by atoms with Crippen LogP contribution in [0.25, 0.3) is 0 Å². The molecule has 4 rings (SSSR count). The zero-order valence-corrected chi connectivity index (χ0v) is 29.4. The van der Waals surface area contributed by atoms with Gasteiger partial charge >= 0.3 is 0 Å². The molecule has 0 bridgehead atoms. The maximum absolute atomic E-state index is 11.7. The Hall–Kier alpha value is -0.643. The predicted octanol–water partition coefficient (Wildman–Crippen LogP) is 8.89. The minimum Gasteiger partial charge on any atom is -0.414 e. The van der Waals surface area contributed by atoms with Gasteiger partial charge in [0.05, 0.1) is 6.10 Å². The van der Waals surface area contributed by atoms with Gasteiger partial charge in [-0.05, 0) is 126 Å². The van der Waals surface area contributed by atoms with E-state index in [9.17, 15) is 5.11 Å². The third-order valence-electron chi connectivity index (χ3n) is 12.1. The van der Waals surface area contributed by atoms with Crippen LogP contribution in [-0.4, -0.2) is 44.1 Å². The molecule has 0 spiro atoms. The molecule has 9 atom stereocenters. The molecule has 234 valence electrons. The maximum atomic E-state index is 11.7. The molecule has 41 heavy (non-hydrogen) atoms. The summed E-state index contributed by atoms with van der Waals surface area (Å²) in [5.41, 5.74) is 1.43. The van der Waals surface area contributed by atoms with Crippen molar-refractivity contribution in [1.82, 2.24) is 0 Å². The standard InChI is InChI=1S/C36H62O4Si/c1-12-38-26(3)39-34(7,8)19-13-15-25(2)30-17-18-31-27(16-14-20-35(30,31)9)21-32(37)36-23-28(36)22-29(24-36)40-41(10,11)33(4,5)6/h21,25-26,28-32,37H,12,14-18,20,22-24H2,1-11H3/b27-21+/t25-,26?,28-,29+,30-,31-,32?,35-,36+/m1/s1. The van der Waals surface area contributed by atoms with E-state index in [1.54, 1.807) is 5.57 Å². The molecule has 0 radical (unpaired) electrons. The van der Waals surface area contributed by atoms with Gasteiger partial charge in [0, 0.05) is 24.5 Å². The average Bonchev–Trinajstić information content (AvgIpc) is 3.21. The lowest BCUT2D eigenvalue weighted by Gasteiger charge is -2.44. The average molecular weight is 587 g/mol. The van der Waals surface area contributed by atoms with Gasteiger partial charge in [0.2, 0.25) is 0 Å². The number of ether oxygens (including phenoxy) is 2. The lowest BCUT2D eigenvalue weighted by atomic mass is 9.60. The van der Waals surface area contributed by atoms with Crippen LogP contribution in [0.2, 0.25) is 18.1 Å². The number of allylic oxidation sites excluding steroid dienone is 1. The van der Waals surface area contributed by atoms with E-state index in [1.165, 1.54) is 32.1 Å². The van der Waals surface area contributed by atoms with Crippen LogP contribution in [0, 0.1) is 46.3 Å². The molecule has 4 fully saturated rings. The smallest absolute Gasteiger partial charge is 0.192 e. The second-order valence-corrected chi connectivity index (χ2v) is 21.2. The number of aliphatic hydroxyl groups excluding tert-OH is 1. The van der Waals surface area contributed by atoms with Crippen molar-refractivity contribution in [2.45, 2.75) is 162 Å². The summed E-state index contributed by atoms with van der Waals surface area (Å²) in [6.07, 6.45) is 12.6. The van der Waals surface area contributed by atoms with E-state index in [-0.39, 0.29) is 22.8 Å². The quantitative estimate of drug-likeness (QED) is 0.120. The maximum Gasteiger partial charge on any atom is 0.192 e. The van der Waals surface area contributed by atoms with Crippen molar-refractivity contribution in [3.05, 3.63) is 11.6 Å². The first-order valence-electron chi connectivity index (χ1n) is 16.8. The number of fused-ring (bicyclic) bond motifs is 2. The van der Waals surface area contributed by atoms with Crippen molar-refractivity contribution in [3.63, 3.8) is 0 Å². The Labute approximate surface area is 253 Å². The second kappa shape index (κ2) is 12.0. The Balaban J connectivity index is 1.38. The van der Waals surface area contributed by atoms with Crippen LogP contribution in [0.5, 0.6) is 0 Å². The molecular formula is C36H62O4Si. The zero-order valence-electron chi connectivity index (χ0n) is 28.4. The fourth-order valence-electron chi connectivity index (χ4n) is 8.82. The summed E-state index contributed by atoms with van der Waals surface area (Å²) in [7, 11) is -1.79. The molecule has 0 heterocycles. The summed E-state index contributed by atoms with van der Waals surface area (Å²) in [6, 6.07) is 0. The normalized spacial score (nSPS) is 36.7. The van der Waals surface area contributed by atoms with Crippen LogP contribution < -0.4 is 0 Å². The van der Waals surface area contributed by atoms with E-state index in [4.69, 9.17) is 13.9 Å². The Bertz CT molecular complexity index is 1010. The fraction of sp³-hybridized carbons (Fsp3) is 0.889. The van der Waals surface area contributed by atoms with E-state index in [0.717, 1.165) is 25.7 Å². The summed E-state index contributed by atoms with van der Waals surface area (Å²) in [6.45, 7) is 25.3. The third-order valence-corrected chi connectivity index (χ3v) is 16.6. The molecular weight excluding hydrogens is 524 g/mol. The Morgan fingerprint density at radius 1 is 1.12 bits per heavy atom. The highest BCUT2D eigenvalue weighted by atomic mass is 28.4. The number of aliphatic hydroxyl groups is 1. The van der Waals surface area contributed by atoms with Crippen molar-refractivity contribution in [1.29, 1.82) is 0 Å². The van der Waals surface area contributed by atoms with Gasteiger partial charge in [-0.25, -0.2) is 0 Å². The molecule has 4 saturated carbocycles. The van der Waals surface area contributed by atoms with E-state index in [1.807, 2.05) is 27.7 Å². The minimum absolute atomic E-state index is 0.0727. The van der Waals surface area contributed by atoms with Crippen LogP contribution in [0.1, 0.15) is 120 Å². The Morgan fingerprint density at radius 3 is 2.49 bits per heavy atom. The van der Waals surface area contributed by atoms with Crippen molar-refractivity contribution >= 4 is 8.32 Å². The molecule has 0 aromatic rings. The molecule has 0 saturated heterocycles. The van der Waals surface area contributed by atoms with Crippen LogP contribution in [0.4, 0.5) is 0 Å². The van der Waals surface area contributed by atoms with Crippen molar-refractivity contribution in [3.8, 4) is 11.8 Å². The van der Waals surface area contributed by atoms with Crippen molar-refractivity contribution in [2.24, 2.45) is 34.5 Å². The molecule has 4 aliphatic rings. The van der Waals surface area contributed by atoms with Crippen molar-refractivity contribution in [2.75, 3.05) is 6.61 Å². The third kappa shape index (κ3) is 7.04. The zero-order chi connectivity index (χ0) is 30.4. The van der Waals surface area contributed by atoms with Gasteiger partial charge < -0.3 is 19.0 Å². The molecule has 4 aliphatic carbocycles. The summed E-state index contributed by atoms with van der Waals surface area (Å²) >= 11 is 0. The fourth-order valence-corrected chi connectivity index (χ4v) is 10.2. The van der Waals surface area contributed by atoms with Crippen LogP contribution >= 0.6 is 0 Å². The minimum atomic E-state index is -1.79. The first-order valence-corrected chi connectivity index (χ1v) is 19.7. The van der Waals surface area contributed by atoms with E-state index in [0.29, 0.717) is 41.8 Å². The molecule has 0 amide bonds. The molecule has 0 aliphatic heterocycles. The summed E-state index contributed by atoms with van der Waals surface area (Å²) < 4.78 is 18.4. The largest absolute Gasteiger partial charge is 0.414 e. The molecule has 4 nitrogen and oxygen atoms in total. The number of hydrogen-bond acceptors (Lipinski definition) is 4. The van der Waals surface area contributed by atoms with Gasteiger partial charge in [-0.15, -0.1) is 0 Å². The van der Waals surface area contributed by atoms with Crippen molar-refractivity contribution < 1.29 is 19.0 Å². The van der Waals surface area contributed by atoms with Gasteiger partial charge in [-0.3, -0.25) is 0 Å². The summed E-state index contributed by atoms with van der Waals surface area (Å²) in [5.74, 6) is 9.34. The molecule has 1 N–H and O–H groups in total. The summed E-state index contributed by atoms with van der Waals surface area (Å²) in [4.78, 5) is 0. The molecule has 5 heteroatoms. The Kier molecular flexibility index (Phi) is 9.76. The topological polar surface area (TPSA) is 47.9 Å². The van der Waals surface area contributed by atoms with Gasteiger partial charge in [0.15, 0.2) is 14.6 Å². The number of rotatable bonds is 10. The molecule has 2 unspecified atom stereocenters. The highest BCUT2D eigenvalue weighted by Crippen LogP contribution is 2.67. The highest BCUT2D eigenvalue weighted by molar-refractivity contribution is 6.74. The van der Waals surface area contributed by atoms with Gasteiger partial charge in [-0.2, -0.15) is 0 Å². The lowest BCUT2D eigenvalue weighted by Crippen LogP contribution is -2.44. The van der Waals surface area contributed by atoms with Crippen LogP contribution in [0.3, 0.4) is 0 Å². The SMILES string of the molecule is CCOC(C)OC(C)(C)C#CC[C@@H](C)[C@H]1CC[C@@H]2/C(=C/C(O)[C@@]34C[C@@H](O[Si](C)(C)C(C)(C)C)C[C@@H]3C4)CCC[C@@]21C. The van der Waals surface area contributed by atoms with Gasteiger partial charge in [-0.1, -0.05) is 58.1 Å². The van der Waals surface area contributed by atoms with E-state index >= 15 is 0 Å². The lowest BCUT2D eigenvalue weighted by molar-refractivity contribution is -0.169. The molecule has 0 aromatic carbocycles. The first-order chi connectivity index (χ1) is 18.9. The van der Waals surface area contributed by atoms with Crippen LogP contribution in [-0.2, 0) is 13.9 Å².